The molecular weight excluding hydrogens is 225 g/mol. The van der Waals surface area contributed by atoms with Crippen LogP contribution in [0.4, 0.5) is 10.2 Å². The third-order valence-electron chi connectivity index (χ3n) is 2.80. The van der Waals surface area contributed by atoms with Crippen molar-refractivity contribution in [2.75, 3.05) is 37.7 Å². The third kappa shape index (κ3) is 2.71. The van der Waals surface area contributed by atoms with Gasteiger partial charge in [0, 0.05) is 26.2 Å². The predicted molar refractivity (Wildman–Crippen MR) is 60.1 cm³/mol. The summed E-state index contributed by atoms with van der Waals surface area (Å²) in [5.74, 6) is 0.0991. The molecule has 1 N–H and O–H groups in total. The number of aromatic nitrogens is 1. The Hall–Kier alpha value is -1.69. The fourth-order valence-electron chi connectivity index (χ4n) is 1.84. The third-order valence-corrected chi connectivity index (χ3v) is 2.80. The highest BCUT2D eigenvalue weighted by molar-refractivity contribution is 5.77. The summed E-state index contributed by atoms with van der Waals surface area (Å²) in [6.07, 6.45) is 1.18. The molecule has 1 aliphatic heterocycles. The Morgan fingerprint density at radius 1 is 1.35 bits per heavy atom. The molecule has 0 radical (unpaired) electrons. The molecule has 92 valence electrons. The molecule has 1 saturated heterocycles. The number of aliphatic hydroxyl groups excluding tert-OH is 1. The zero-order chi connectivity index (χ0) is 12.3. The molecule has 0 saturated carbocycles. The number of nitrogens with zero attached hydrogens (tertiary/aromatic N) is 3. The Morgan fingerprint density at radius 2 is 2.06 bits per heavy atom. The van der Waals surface area contributed by atoms with E-state index in [1.165, 1.54) is 12.3 Å². The maximum Gasteiger partial charge on any atom is 0.248 e. The van der Waals surface area contributed by atoms with E-state index in [4.69, 9.17) is 5.11 Å². The minimum absolute atomic E-state index is 0.253. The van der Waals surface area contributed by atoms with Gasteiger partial charge in [0.05, 0.1) is 6.20 Å². The lowest BCUT2D eigenvalue weighted by Crippen LogP contribution is -2.49. The number of rotatable bonds is 2. The van der Waals surface area contributed by atoms with Crippen molar-refractivity contribution >= 4 is 11.7 Å². The van der Waals surface area contributed by atoms with Crippen LogP contribution in [0, 0.1) is 5.82 Å². The standard InChI is InChI=1S/C11H14FN3O2/c12-9-1-2-10(13-7-9)14-3-5-15(6-4-14)11(17)8-16/h1-2,7,16H,3-6,8H2. The molecule has 0 spiro atoms. The van der Waals surface area contributed by atoms with Gasteiger partial charge in [0.25, 0.3) is 0 Å². The Labute approximate surface area is 98.5 Å². The molecule has 2 heterocycles. The van der Waals surface area contributed by atoms with Crippen molar-refractivity contribution in [1.82, 2.24) is 9.88 Å². The van der Waals surface area contributed by atoms with Gasteiger partial charge in [0.15, 0.2) is 0 Å². The first-order valence-corrected chi connectivity index (χ1v) is 5.46. The fourth-order valence-corrected chi connectivity index (χ4v) is 1.84. The number of halogens is 1. The van der Waals surface area contributed by atoms with Crippen LogP contribution in [0.25, 0.3) is 0 Å². The van der Waals surface area contributed by atoms with Crippen molar-refractivity contribution in [3.63, 3.8) is 0 Å². The van der Waals surface area contributed by atoms with Crippen LogP contribution in [0.15, 0.2) is 18.3 Å². The molecule has 0 atom stereocenters. The first kappa shape index (κ1) is 11.8. The molecule has 2 rings (SSSR count). The van der Waals surface area contributed by atoms with Crippen molar-refractivity contribution in [3.05, 3.63) is 24.1 Å². The molecule has 1 fully saturated rings. The predicted octanol–water partition coefficient (Wildman–Crippen LogP) is -0.138. The summed E-state index contributed by atoms with van der Waals surface area (Å²) < 4.78 is 12.7. The van der Waals surface area contributed by atoms with Crippen molar-refractivity contribution in [2.24, 2.45) is 0 Å². The largest absolute Gasteiger partial charge is 0.387 e. The number of pyridine rings is 1. The smallest absolute Gasteiger partial charge is 0.248 e. The molecule has 0 bridgehead atoms. The molecule has 0 aliphatic carbocycles. The highest BCUT2D eigenvalue weighted by atomic mass is 19.1. The van der Waals surface area contributed by atoms with E-state index in [0.717, 1.165) is 0 Å². The first-order chi connectivity index (χ1) is 8.20. The highest BCUT2D eigenvalue weighted by Gasteiger charge is 2.20. The van der Waals surface area contributed by atoms with E-state index in [9.17, 15) is 9.18 Å². The fraction of sp³-hybridized carbons (Fsp3) is 0.455. The van der Waals surface area contributed by atoms with Gasteiger partial charge in [-0.3, -0.25) is 4.79 Å². The number of amides is 1. The van der Waals surface area contributed by atoms with E-state index in [0.29, 0.717) is 32.0 Å². The minimum Gasteiger partial charge on any atom is -0.387 e. The number of hydrogen-bond acceptors (Lipinski definition) is 4. The maximum absolute atomic E-state index is 12.7. The van der Waals surface area contributed by atoms with E-state index in [2.05, 4.69) is 4.98 Å². The number of hydrogen-bond donors (Lipinski definition) is 1. The van der Waals surface area contributed by atoms with Crippen LogP contribution in [-0.4, -0.2) is 53.7 Å². The molecular formula is C11H14FN3O2. The zero-order valence-electron chi connectivity index (χ0n) is 9.34. The lowest BCUT2D eigenvalue weighted by molar-refractivity contribution is -0.134. The van der Waals surface area contributed by atoms with Crippen molar-refractivity contribution < 1.29 is 14.3 Å². The lowest BCUT2D eigenvalue weighted by Gasteiger charge is -2.35. The summed E-state index contributed by atoms with van der Waals surface area (Å²) in [4.78, 5) is 18.8. The minimum atomic E-state index is -0.450. The van der Waals surface area contributed by atoms with E-state index in [1.807, 2.05) is 4.90 Å². The zero-order valence-corrected chi connectivity index (χ0v) is 9.34. The molecule has 0 unspecified atom stereocenters. The van der Waals surface area contributed by atoms with E-state index in [1.54, 1.807) is 11.0 Å². The van der Waals surface area contributed by atoms with Crippen LogP contribution in [0.5, 0.6) is 0 Å². The van der Waals surface area contributed by atoms with Crippen molar-refractivity contribution in [2.45, 2.75) is 0 Å². The van der Waals surface area contributed by atoms with Gasteiger partial charge in [-0.15, -0.1) is 0 Å². The molecule has 1 aromatic rings. The van der Waals surface area contributed by atoms with Crippen LogP contribution in [-0.2, 0) is 4.79 Å². The Balaban J connectivity index is 1.95. The lowest BCUT2D eigenvalue weighted by atomic mass is 10.3. The Bertz CT molecular complexity index is 388. The van der Waals surface area contributed by atoms with Gasteiger partial charge in [-0.2, -0.15) is 0 Å². The molecule has 1 aromatic heterocycles. The molecule has 0 aromatic carbocycles. The van der Waals surface area contributed by atoms with Gasteiger partial charge in [0.2, 0.25) is 5.91 Å². The van der Waals surface area contributed by atoms with Crippen LogP contribution < -0.4 is 4.90 Å². The van der Waals surface area contributed by atoms with E-state index < -0.39 is 6.61 Å². The Morgan fingerprint density at radius 3 is 2.59 bits per heavy atom. The number of anilines is 1. The van der Waals surface area contributed by atoms with Crippen LogP contribution in [0.2, 0.25) is 0 Å². The molecule has 6 heteroatoms. The second-order valence-corrected chi connectivity index (χ2v) is 3.86. The van der Waals surface area contributed by atoms with Crippen LogP contribution in [0.1, 0.15) is 0 Å². The van der Waals surface area contributed by atoms with Crippen molar-refractivity contribution in [3.8, 4) is 0 Å². The summed E-state index contributed by atoms with van der Waals surface area (Å²) in [5.41, 5.74) is 0. The number of carbonyl (C=O) groups is 1. The van der Waals surface area contributed by atoms with Gasteiger partial charge in [0.1, 0.15) is 18.2 Å². The molecule has 1 amide bonds. The number of piperazine rings is 1. The van der Waals surface area contributed by atoms with Crippen molar-refractivity contribution in [1.29, 1.82) is 0 Å². The molecule has 5 nitrogen and oxygen atoms in total. The first-order valence-electron chi connectivity index (χ1n) is 5.46. The SMILES string of the molecule is O=C(CO)N1CCN(c2ccc(F)cn2)CC1. The maximum atomic E-state index is 12.7. The average Bonchev–Trinajstić information content (AvgIpc) is 2.39. The van der Waals surface area contributed by atoms with Crippen LogP contribution >= 0.6 is 0 Å². The summed E-state index contributed by atoms with van der Waals surface area (Å²) >= 11 is 0. The van der Waals surface area contributed by atoms with Crippen LogP contribution in [0.3, 0.4) is 0 Å². The summed E-state index contributed by atoms with van der Waals surface area (Å²) in [5, 5.41) is 8.74. The average molecular weight is 239 g/mol. The summed E-state index contributed by atoms with van der Waals surface area (Å²) in [7, 11) is 0. The van der Waals surface area contributed by atoms with E-state index in [-0.39, 0.29) is 11.7 Å². The number of carbonyl (C=O) groups excluding carboxylic acids is 1. The monoisotopic (exact) mass is 239 g/mol. The Kier molecular flexibility index (Phi) is 3.53. The van der Waals surface area contributed by atoms with Gasteiger partial charge in [-0.25, -0.2) is 9.37 Å². The quantitative estimate of drug-likeness (QED) is 0.780. The van der Waals surface area contributed by atoms with Gasteiger partial charge in [-0.1, -0.05) is 0 Å². The number of aliphatic hydroxyl groups is 1. The second kappa shape index (κ2) is 5.09. The van der Waals surface area contributed by atoms with Gasteiger partial charge < -0.3 is 14.9 Å². The highest BCUT2D eigenvalue weighted by Crippen LogP contribution is 2.13. The molecule has 17 heavy (non-hydrogen) atoms. The van der Waals surface area contributed by atoms with E-state index >= 15 is 0 Å². The summed E-state index contributed by atoms with van der Waals surface area (Å²) in [6, 6.07) is 2.99. The van der Waals surface area contributed by atoms with Gasteiger partial charge >= 0.3 is 0 Å². The topological polar surface area (TPSA) is 56.7 Å². The second-order valence-electron chi connectivity index (χ2n) is 3.86. The molecule has 1 aliphatic rings. The van der Waals surface area contributed by atoms with Gasteiger partial charge in [-0.05, 0) is 12.1 Å². The summed E-state index contributed by atoms with van der Waals surface area (Å²) in [6.45, 7) is 1.94. The normalized spacial score (nSPS) is 16.1.